The molecule has 150 valence electrons. The second-order valence-corrected chi connectivity index (χ2v) is 7.48. The Balaban J connectivity index is 1.48. The second-order valence-electron chi connectivity index (χ2n) is 7.48. The van der Waals surface area contributed by atoms with E-state index in [0.29, 0.717) is 19.0 Å². The van der Waals surface area contributed by atoms with Crippen molar-refractivity contribution in [2.24, 2.45) is 5.92 Å². The van der Waals surface area contributed by atoms with Crippen LogP contribution >= 0.6 is 0 Å². The van der Waals surface area contributed by atoms with Gasteiger partial charge in [0.15, 0.2) is 0 Å². The molecule has 1 atom stereocenters. The largest absolute Gasteiger partial charge is 0.497 e. The van der Waals surface area contributed by atoms with Crippen molar-refractivity contribution in [2.75, 3.05) is 25.1 Å². The number of aryl methyl sites for hydroxylation is 1. The minimum absolute atomic E-state index is 0.0580. The number of carbonyl (C=O) groups is 1. The van der Waals surface area contributed by atoms with Gasteiger partial charge in [-0.3, -0.25) is 4.79 Å². The van der Waals surface area contributed by atoms with Crippen molar-refractivity contribution in [2.45, 2.75) is 26.3 Å². The third-order valence-electron chi connectivity index (χ3n) is 5.47. The van der Waals surface area contributed by atoms with E-state index in [1.54, 1.807) is 7.11 Å². The Hall–Kier alpha value is -3.15. The Bertz CT molecular complexity index is 1010. The lowest BCUT2D eigenvalue weighted by Gasteiger charge is -2.32. The molecule has 6 nitrogen and oxygen atoms in total. The number of benzene rings is 2. The fourth-order valence-electron chi connectivity index (χ4n) is 3.82. The van der Waals surface area contributed by atoms with Gasteiger partial charge in [-0.2, -0.15) is 0 Å². The van der Waals surface area contributed by atoms with Crippen LogP contribution in [0.15, 0.2) is 48.5 Å². The number of aromatic nitrogens is 2. The van der Waals surface area contributed by atoms with E-state index in [9.17, 15) is 4.79 Å². The second kappa shape index (κ2) is 8.47. The van der Waals surface area contributed by atoms with E-state index in [1.165, 1.54) is 0 Å². The van der Waals surface area contributed by atoms with Crippen LogP contribution in [0.5, 0.6) is 5.75 Å². The quantitative estimate of drug-likeness (QED) is 0.722. The molecule has 0 unspecified atom stereocenters. The Morgan fingerprint density at radius 2 is 2.03 bits per heavy atom. The van der Waals surface area contributed by atoms with Crippen molar-refractivity contribution in [3.63, 3.8) is 0 Å². The lowest BCUT2D eigenvalue weighted by atomic mass is 9.97. The average Bonchev–Trinajstić information content (AvgIpc) is 2.77. The van der Waals surface area contributed by atoms with E-state index < -0.39 is 0 Å². The van der Waals surface area contributed by atoms with Gasteiger partial charge in [0.25, 0.3) is 0 Å². The number of methoxy groups -OCH3 is 1. The number of ether oxygens (including phenoxy) is 1. The Morgan fingerprint density at radius 1 is 1.21 bits per heavy atom. The Kier molecular flexibility index (Phi) is 5.60. The van der Waals surface area contributed by atoms with Gasteiger partial charge in [-0.15, -0.1) is 0 Å². The molecule has 0 spiro atoms. The van der Waals surface area contributed by atoms with Gasteiger partial charge in [-0.05, 0) is 37.5 Å². The molecule has 0 saturated carbocycles. The standard InChI is InChI=1S/C23H26N4O2/c1-16-20-11-10-19(29-2)13-21(20)26-23(25-16)27-12-6-9-18(15-27)22(28)24-14-17-7-4-3-5-8-17/h3-5,7-8,10-11,13,18H,6,9,12,14-15H2,1-2H3,(H,24,28)/t18-/m1/s1. The molecule has 6 heteroatoms. The highest BCUT2D eigenvalue weighted by Gasteiger charge is 2.27. The topological polar surface area (TPSA) is 67.3 Å². The summed E-state index contributed by atoms with van der Waals surface area (Å²) in [6.07, 6.45) is 1.83. The zero-order valence-electron chi connectivity index (χ0n) is 16.9. The van der Waals surface area contributed by atoms with Gasteiger partial charge in [0, 0.05) is 31.1 Å². The molecule has 0 bridgehead atoms. The predicted molar refractivity (Wildman–Crippen MR) is 114 cm³/mol. The van der Waals surface area contributed by atoms with E-state index in [4.69, 9.17) is 14.7 Å². The van der Waals surface area contributed by atoms with Crippen molar-refractivity contribution in [1.29, 1.82) is 0 Å². The van der Waals surface area contributed by atoms with Gasteiger partial charge in [-0.1, -0.05) is 30.3 Å². The molecule has 0 radical (unpaired) electrons. The molecule has 1 aromatic heterocycles. The van der Waals surface area contributed by atoms with Crippen LogP contribution in [0.25, 0.3) is 10.9 Å². The maximum atomic E-state index is 12.7. The molecule has 2 heterocycles. The van der Waals surface area contributed by atoms with Crippen LogP contribution in [-0.4, -0.2) is 36.1 Å². The molecule has 1 N–H and O–H groups in total. The number of fused-ring (bicyclic) bond motifs is 1. The Morgan fingerprint density at radius 3 is 2.83 bits per heavy atom. The number of rotatable bonds is 5. The first-order valence-electron chi connectivity index (χ1n) is 10.0. The molecule has 4 rings (SSSR count). The van der Waals surface area contributed by atoms with Crippen LogP contribution in [0.1, 0.15) is 24.1 Å². The number of anilines is 1. The minimum Gasteiger partial charge on any atom is -0.497 e. The summed E-state index contributed by atoms with van der Waals surface area (Å²) >= 11 is 0. The van der Waals surface area contributed by atoms with Crippen molar-refractivity contribution < 1.29 is 9.53 Å². The molecular formula is C23H26N4O2. The van der Waals surface area contributed by atoms with Crippen molar-refractivity contribution >= 4 is 22.8 Å². The lowest BCUT2D eigenvalue weighted by molar-refractivity contribution is -0.125. The number of nitrogens with one attached hydrogen (secondary N) is 1. The van der Waals surface area contributed by atoms with E-state index in [-0.39, 0.29) is 11.8 Å². The summed E-state index contributed by atoms with van der Waals surface area (Å²) in [6.45, 7) is 4.04. The Labute approximate surface area is 170 Å². The molecule has 1 aliphatic rings. The maximum absolute atomic E-state index is 12.7. The van der Waals surface area contributed by atoms with Gasteiger partial charge in [-0.25, -0.2) is 9.97 Å². The molecule has 1 fully saturated rings. The van der Waals surface area contributed by atoms with Crippen LogP contribution in [0.3, 0.4) is 0 Å². The van der Waals surface area contributed by atoms with Gasteiger partial charge in [0.05, 0.1) is 24.2 Å². The molecule has 1 aliphatic heterocycles. The van der Waals surface area contributed by atoms with E-state index in [1.807, 2.05) is 55.5 Å². The van der Waals surface area contributed by atoms with Crippen LogP contribution in [-0.2, 0) is 11.3 Å². The highest BCUT2D eigenvalue weighted by molar-refractivity contribution is 5.83. The lowest BCUT2D eigenvalue weighted by Crippen LogP contribution is -2.43. The van der Waals surface area contributed by atoms with Gasteiger partial charge in [0.2, 0.25) is 11.9 Å². The van der Waals surface area contributed by atoms with Gasteiger partial charge in [0.1, 0.15) is 5.75 Å². The summed E-state index contributed by atoms with van der Waals surface area (Å²) in [5.41, 5.74) is 2.90. The number of hydrogen-bond acceptors (Lipinski definition) is 5. The molecule has 0 aliphatic carbocycles. The number of piperidine rings is 1. The average molecular weight is 390 g/mol. The number of amides is 1. The maximum Gasteiger partial charge on any atom is 0.226 e. The van der Waals surface area contributed by atoms with Gasteiger partial charge < -0.3 is 15.0 Å². The summed E-state index contributed by atoms with van der Waals surface area (Å²) in [6, 6.07) is 15.8. The summed E-state index contributed by atoms with van der Waals surface area (Å²) in [7, 11) is 1.65. The third kappa shape index (κ3) is 4.31. The first kappa shape index (κ1) is 19.2. The zero-order valence-corrected chi connectivity index (χ0v) is 16.9. The van der Waals surface area contributed by atoms with Crippen LogP contribution in [0, 0.1) is 12.8 Å². The number of nitrogens with zero attached hydrogens (tertiary/aromatic N) is 3. The molecular weight excluding hydrogens is 364 g/mol. The SMILES string of the molecule is COc1ccc2c(C)nc(N3CCC[C@@H](C(=O)NCc4ccccc4)C3)nc2c1. The summed E-state index contributed by atoms with van der Waals surface area (Å²) in [5, 5.41) is 4.09. The van der Waals surface area contributed by atoms with Crippen molar-refractivity contribution in [1.82, 2.24) is 15.3 Å². The first-order chi connectivity index (χ1) is 14.1. The fraction of sp³-hybridized carbons (Fsp3) is 0.348. The third-order valence-corrected chi connectivity index (χ3v) is 5.47. The first-order valence-corrected chi connectivity index (χ1v) is 10.0. The number of carbonyl (C=O) groups excluding carboxylic acids is 1. The normalized spacial score (nSPS) is 16.6. The van der Waals surface area contributed by atoms with Crippen LogP contribution < -0.4 is 15.0 Å². The predicted octanol–water partition coefficient (Wildman–Crippen LogP) is 3.48. The van der Waals surface area contributed by atoms with Crippen LogP contribution in [0.4, 0.5) is 5.95 Å². The molecule has 29 heavy (non-hydrogen) atoms. The molecule has 1 saturated heterocycles. The smallest absolute Gasteiger partial charge is 0.226 e. The summed E-state index contributed by atoms with van der Waals surface area (Å²) in [4.78, 5) is 24.3. The monoisotopic (exact) mass is 390 g/mol. The van der Waals surface area contributed by atoms with E-state index in [0.717, 1.165) is 47.3 Å². The zero-order chi connectivity index (χ0) is 20.2. The summed E-state index contributed by atoms with van der Waals surface area (Å²) < 4.78 is 5.33. The van der Waals surface area contributed by atoms with Gasteiger partial charge >= 0.3 is 0 Å². The fourth-order valence-corrected chi connectivity index (χ4v) is 3.82. The molecule has 3 aromatic rings. The van der Waals surface area contributed by atoms with Crippen LogP contribution in [0.2, 0.25) is 0 Å². The number of hydrogen-bond donors (Lipinski definition) is 1. The summed E-state index contributed by atoms with van der Waals surface area (Å²) in [5.74, 6) is 1.50. The molecule has 2 aromatic carbocycles. The van der Waals surface area contributed by atoms with E-state index >= 15 is 0 Å². The van der Waals surface area contributed by atoms with Crippen molar-refractivity contribution in [3.05, 3.63) is 59.8 Å². The highest BCUT2D eigenvalue weighted by atomic mass is 16.5. The minimum atomic E-state index is -0.0580. The molecule has 1 amide bonds. The van der Waals surface area contributed by atoms with E-state index in [2.05, 4.69) is 10.2 Å². The highest BCUT2D eigenvalue weighted by Crippen LogP contribution is 2.26. The van der Waals surface area contributed by atoms with Crippen molar-refractivity contribution in [3.8, 4) is 5.75 Å².